The maximum atomic E-state index is 13.3. The van der Waals surface area contributed by atoms with Crippen LogP contribution in [-0.2, 0) is 19.7 Å². The van der Waals surface area contributed by atoms with Crippen LogP contribution < -0.4 is 20.4 Å². The van der Waals surface area contributed by atoms with Gasteiger partial charge in [0, 0.05) is 48.4 Å². The maximum Gasteiger partial charge on any atom is 0.326 e. The first-order valence-corrected chi connectivity index (χ1v) is 23.5. The second-order valence-electron chi connectivity index (χ2n) is 16.2. The fourth-order valence-electron chi connectivity index (χ4n) is 7.92. The molecule has 0 atom stereocenters. The third-order valence-electron chi connectivity index (χ3n) is 11.4. The van der Waals surface area contributed by atoms with Crippen LogP contribution in [0.25, 0.3) is 11.1 Å². The van der Waals surface area contributed by atoms with Crippen LogP contribution in [0.2, 0.25) is 20.1 Å². The van der Waals surface area contributed by atoms with Crippen LogP contribution in [-0.4, -0.2) is 23.5 Å². The summed E-state index contributed by atoms with van der Waals surface area (Å²) in [6, 6.07) is 40.2. The Balaban J connectivity index is 0.000000196. The minimum Gasteiger partial charge on any atom is -0.392 e. The summed E-state index contributed by atoms with van der Waals surface area (Å²) >= 11 is 24.4. The highest BCUT2D eigenvalue weighted by molar-refractivity contribution is 6.35. The Morgan fingerprint density at radius 3 is 1.24 bits per heavy atom. The molecule has 12 heteroatoms. The molecule has 0 saturated carbocycles. The van der Waals surface area contributed by atoms with E-state index < -0.39 is 0 Å². The van der Waals surface area contributed by atoms with Gasteiger partial charge in [-0.2, -0.15) is 0 Å². The van der Waals surface area contributed by atoms with E-state index in [0.29, 0.717) is 50.1 Å². The van der Waals surface area contributed by atoms with Crippen molar-refractivity contribution in [1.29, 1.82) is 0 Å². The van der Waals surface area contributed by atoms with Crippen LogP contribution in [0.3, 0.4) is 0 Å². The normalized spacial score (nSPS) is 13.3. The average Bonchev–Trinajstić information content (AvgIpc) is 3.33. The van der Waals surface area contributed by atoms with Crippen molar-refractivity contribution in [2.24, 2.45) is 0 Å². The average molecular weight is 961 g/mol. The van der Waals surface area contributed by atoms with Gasteiger partial charge in [0.05, 0.1) is 19.7 Å². The van der Waals surface area contributed by atoms with Crippen molar-refractivity contribution < 1.29 is 19.5 Å². The predicted octanol–water partition coefficient (Wildman–Crippen LogP) is 15.7. The van der Waals surface area contributed by atoms with Crippen molar-refractivity contribution >= 4 is 98.6 Å². The van der Waals surface area contributed by atoms with Gasteiger partial charge in [-0.3, -0.25) is 14.6 Å². The molecule has 8 nitrogen and oxygen atoms in total. The number of benzene rings is 6. The molecule has 0 aromatic heterocycles. The van der Waals surface area contributed by atoms with E-state index in [9.17, 15) is 19.5 Å². The highest BCUT2D eigenvalue weighted by atomic mass is 35.5. The molecule has 0 unspecified atom stereocenters. The SMILES string of the molecule is O=C(Nc1cc(Cl)cc(Cl)c1)N(Cc1ccc(CO)cc1)c1ccc(C2=CCCCC2)cc1.O=Cc1ccc(CN(C(=O)Nc2cc(Cl)cc(Cl)c2)c2ccc(C3=CCCCC3)cc2)cc1. The van der Waals surface area contributed by atoms with Gasteiger partial charge in [0.15, 0.2) is 0 Å². The Bertz CT molecular complexity index is 2650. The molecule has 0 fully saturated rings. The maximum absolute atomic E-state index is 13.3. The summed E-state index contributed by atoms with van der Waals surface area (Å²) in [5.41, 5.74) is 11.0. The largest absolute Gasteiger partial charge is 0.392 e. The number of halogens is 4. The first kappa shape index (κ1) is 48.1. The van der Waals surface area contributed by atoms with Gasteiger partial charge >= 0.3 is 12.1 Å². The summed E-state index contributed by atoms with van der Waals surface area (Å²) in [4.78, 5) is 41.0. The van der Waals surface area contributed by atoms with Gasteiger partial charge in [-0.1, -0.05) is 131 Å². The van der Waals surface area contributed by atoms with Gasteiger partial charge in [-0.25, -0.2) is 9.59 Å². The van der Waals surface area contributed by atoms with Gasteiger partial charge in [0.1, 0.15) is 6.29 Å². The molecule has 0 saturated heterocycles. The van der Waals surface area contributed by atoms with Crippen molar-refractivity contribution in [3.8, 4) is 0 Å². The van der Waals surface area contributed by atoms with Crippen molar-refractivity contribution in [2.75, 3.05) is 20.4 Å². The molecule has 0 aliphatic heterocycles. The Hall–Kier alpha value is -5.87. The number of anilines is 4. The van der Waals surface area contributed by atoms with Gasteiger partial charge in [0.25, 0.3) is 0 Å². The third kappa shape index (κ3) is 13.6. The molecule has 338 valence electrons. The smallest absolute Gasteiger partial charge is 0.326 e. The first-order valence-electron chi connectivity index (χ1n) is 21.9. The number of aliphatic hydroxyl groups excluding tert-OH is 1. The van der Waals surface area contributed by atoms with Crippen molar-refractivity contribution in [2.45, 2.75) is 71.1 Å². The molecule has 6 aromatic rings. The van der Waals surface area contributed by atoms with E-state index in [2.05, 4.69) is 47.1 Å². The molecule has 0 spiro atoms. The van der Waals surface area contributed by atoms with Crippen LogP contribution in [0.4, 0.5) is 32.3 Å². The van der Waals surface area contributed by atoms with E-state index in [-0.39, 0.29) is 18.7 Å². The molecule has 0 bridgehead atoms. The molecule has 8 rings (SSSR count). The van der Waals surface area contributed by atoms with E-state index >= 15 is 0 Å². The lowest BCUT2D eigenvalue weighted by Crippen LogP contribution is -2.34. The zero-order chi connectivity index (χ0) is 46.4. The number of carbonyl (C=O) groups excluding carboxylic acids is 3. The number of aliphatic hydroxyl groups is 1. The molecule has 4 amide bonds. The lowest BCUT2D eigenvalue weighted by atomic mass is 9.93. The number of hydrogen-bond acceptors (Lipinski definition) is 4. The van der Waals surface area contributed by atoms with E-state index in [4.69, 9.17) is 46.4 Å². The minimum absolute atomic E-state index is 0.0165. The summed E-state index contributed by atoms with van der Waals surface area (Å²) in [6.07, 6.45) is 14.8. The standard InChI is InChI=1S/C27H26Cl2N2O2.C27H24Cl2N2O2/c2*28-23-14-24(29)16-25(15-23)30-27(33)31(17-19-6-8-20(18-32)9-7-19)26-12-10-22(11-13-26)21-4-2-1-3-5-21/h4,6-16,32H,1-3,5,17-18H2,(H,30,33);4,6-16,18H,1-3,5,17H2,(H,30,33). The zero-order valence-corrected chi connectivity index (χ0v) is 39.3. The van der Waals surface area contributed by atoms with E-state index in [0.717, 1.165) is 60.0 Å². The molecule has 0 heterocycles. The second kappa shape index (κ2) is 23.5. The molecule has 6 aromatic carbocycles. The van der Waals surface area contributed by atoms with Crippen LogP contribution in [0.15, 0.2) is 146 Å². The summed E-state index contributed by atoms with van der Waals surface area (Å²) in [7, 11) is 0. The number of nitrogens with one attached hydrogen (secondary N) is 2. The molecule has 66 heavy (non-hydrogen) atoms. The highest BCUT2D eigenvalue weighted by Crippen LogP contribution is 2.32. The molecule has 0 radical (unpaired) electrons. The summed E-state index contributed by atoms with van der Waals surface area (Å²) < 4.78 is 0. The Kier molecular flexibility index (Phi) is 17.1. The number of amides is 4. The molecular formula is C54H50Cl4N4O4. The number of aldehydes is 1. The molecule has 3 N–H and O–H groups in total. The lowest BCUT2D eigenvalue weighted by Gasteiger charge is -2.24. The minimum atomic E-state index is -0.308. The van der Waals surface area contributed by atoms with Crippen LogP contribution in [0.5, 0.6) is 0 Å². The van der Waals surface area contributed by atoms with Crippen molar-refractivity contribution in [3.05, 3.63) is 199 Å². The Morgan fingerprint density at radius 2 is 0.894 bits per heavy atom. The van der Waals surface area contributed by atoms with Gasteiger partial charge in [0.2, 0.25) is 0 Å². The van der Waals surface area contributed by atoms with Gasteiger partial charge in [-0.15, -0.1) is 0 Å². The molecular weight excluding hydrogens is 910 g/mol. The second-order valence-corrected chi connectivity index (χ2v) is 18.0. The predicted molar refractivity (Wildman–Crippen MR) is 273 cm³/mol. The van der Waals surface area contributed by atoms with E-state index in [1.54, 1.807) is 58.3 Å². The topological polar surface area (TPSA) is 102 Å². The van der Waals surface area contributed by atoms with Gasteiger partial charge < -0.3 is 15.7 Å². The number of rotatable bonds is 12. The Labute approximate surface area is 406 Å². The van der Waals surface area contributed by atoms with Crippen LogP contribution >= 0.6 is 46.4 Å². The van der Waals surface area contributed by atoms with Gasteiger partial charge in [-0.05, 0) is 151 Å². The van der Waals surface area contributed by atoms with Crippen molar-refractivity contribution in [1.82, 2.24) is 0 Å². The lowest BCUT2D eigenvalue weighted by molar-refractivity contribution is 0.112. The highest BCUT2D eigenvalue weighted by Gasteiger charge is 2.20. The molecule has 2 aliphatic rings. The first-order chi connectivity index (χ1) is 32.0. The van der Waals surface area contributed by atoms with E-state index in [1.807, 2.05) is 60.7 Å². The van der Waals surface area contributed by atoms with Crippen LogP contribution in [0, 0.1) is 0 Å². The number of allylic oxidation sites excluding steroid dienone is 4. The number of carbonyl (C=O) groups is 3. The van der Waals surface area contributed by atoms with Crippen molar-refractivity contribution in [3.63, 3.8) is 0 Å². The summed E-state index contributed by atoms with van der Waals surface area (Å²) in [5, 5.41) is 16.9. The number of nitrogens with zero attached hydrogens (tertiary/aromatic N) is 2. The summed E-state index contributed by atoms with van der Waals surface area (Å²) in [6.45, 7) is 0.687. The number of hydrogen-bond donors (Lipinski definition) is 3. The quantitative estimate of drug-likeness (QED) is 0.106. The Morgan fingerprint density at radius 1 is 0.515 bits per heavy atom. The van der Waals surface area contributed by atoms with Crippen LogP contribution in [0.1, 0.15) is 89.5 Å². The monoisotopic (exact) mass is 958 g/mol. The summed E-state index contributed by atoms with van der Waals surface area (Å²) in [5.74, 6) is 0. The number of urea groups is 2. The van der Waals surface area contributed by atoms with E-state index in [1.165, 1.54) is 48.0 Å². The molecule has 2 aliphatic carbocycles. The fourth-order valence-corrected chi connectivity index (χ4v) is 8.98. The third-order valence-corrected chi connectivity index (χ3v) is 12.3. The zero-order valence-electron chi connectivity index (χ0n) is 36.3. The fraction of sp³-hybridized carbons (Fsp3) is 0.204.